The number of amides is 1. The third-order valence-corrected chi connectivity index (χ3v) is 11.5. The van der Waals surface area contributed by atoms with Crippen molar-refractivity contribution >= 4 is 23.2 Å². The second kappa shape index (κ2) is 17.8. The number of nitrogens with zero attached hydrogens (tertiary/aromatic N) is 6. The van der Waals surface area contributed by atoms with Crippen LogP contribution in [0.5, 0.6) is 0 Å². The SMILES string of the molecule is CCOC(=O)c1c(CC(C)C)sc(=NC(=O)c2ccccc2)n1Cc1ccc(-c2ccccc2-c2nnnn2C(c2ccccc2)(c2ccccc2)c2ccccc2)cc1. The topological polar surface area (TPSA) is 104 Å². The molecule has 0 saturated heterocycles. The Bertz CT molecular complexity index is 2680. The maximum atomic E-state index is 13.6. The van der Waals surface area contributed by atoms with Gasteiger partial charge in [-0.3, -0.25) is 4.79 Å². The lowest BCUT2D eigenvalue weighted by atomic mass is 9.77. The van der Waals surface area contributed by atoms with E-state index in [0.717, 1.165) is 43.8 Å². The molecular formula is C50H44N6O3S. The molecule has 0 N–H and O–H groups in total. The van der Waals surface area contributed by atoms with Gasteiger partial charge in [0.2, 0.25) is 0 Å². The Morgan fingerprint density at radius 2 is 1.23 bits per heavy atom. The van der Waals surface area contributed by atoms with Gasteiger partial charge in [0.1, 0.15) is 11.2 Å². The highest BCUT2D eigenvalue weighted by atomic mass is 32.1. The Morgan fingerprint density at radius 3 is 1.78 bits per heavy atom. The summed E-state index contributed by atoms with van der Waals surface area (Å²) in [5.74, 6) is 0.0637. The maximum absolute atomic E-state index is 13.6. The molecule has 0 radical (unpaired) electrons. The lowest BCUT2D eigenvalue weighted by Crippen LogP contribution is -2.39. The van der Waals surface area contributed by atoms with E-state index in [9.17, 15) is 9.59 Å². The molecule has 0 aliphatic rings. The van der Waals surface area contributed by atoms with Gasteiger partial charge in [0.15, 0.2) is 10.6 Å². The summed E-state index contributed by atoms with van der Waals surface area (Å²) < 4.78 is 9.35. The number of aromatic nitrogens is 5. The van der Waals surface area contributed by atoms with Crippen LogP contribution in [0.3, 0.4) is 0 Å². The Balaban J connectivity index is 1.22. The summed E-state index contributed by atoms with van der Waals surface area (Å²) in [7, 11) is 0. The lowest BCUT2D eigenvalue weighted by molar-refractivity contribution is 0.0512. The summed E-state index contributed by atoms with van der Waals surface area (Å²) in [4.78, 5) is 32.9. The molecule has 6 aromatic carbocycles. The van der Waals surface area contributed by atoms with Crippen LogP contribution in [0.25, 0.3) is 22.5 Å². The first-order valence-electron chi connectivity index (χ1n) is 20.1. The molecule has 0 spiro atoms. The number of hydrogen-bond donors (Lipinski definition) is 0. The molecule has 0 aliphatic carbocycles. The van der Waals surface area contributed by atoms with Gasteiger partial charge in [0, 0.05) is 16.0 Å². The van der Waals surface area contributed by atoms with Gasteiger partial charge < -0.3 is 9.30 Å². The molecular weight excluding hydrogens is 765 g/mol. The molecule has 1 amide bonds. The standard InChI is InChI=1S/C50H44N6O3S/c1-4-59-48(58)45-44(33-35(2)3)60-49(51-47(57)38-19-9-5-10-20-38)55(45)34-36-29-31-37(32-30-36)42-27-17-18-28-43(42)46-52-53-54-56(46)50(39-21-11-6-12-22-39,40-23-13-7-14-24-40)41-25-15-8-16-26-41/h5-32,35H,4,33-34H2,1-3H3. The van der Waals surface area contributed by atoms with Crippen molar-refractivity contribution in [3.63, 3.8) is 0 Å². The van der Waals surface area contributed by atoms with Crippen molar-refractivity contribution in [2.75, 3.05) is 6.61 Å². The molecule has 9 nitrogen and oxygen atoms in total. The van der Waals surface area contributed by atoms with Crippen molar-refractivity contribution in [2.45, 2.75) is 39.3 Å². The second-order valence-electron chi connectivity index (χ2n) is 14.8. The summed E-state index contributed by atoms with van der Waals surface area (Å²) in [5.41, 5.74) is 6.72. The first-order chi connectivity index (χ1) is 29.4. The fraction of sp³-hybridized carbons (Fsp3) is 0.160. The predicted octanol–water partition coefficient (Wildman–Crippen LogP) is 9.87. The summed E-state index contributed by atoms with van der Waals surface area (Å²) in [6.07, 6.45) is 0.642. The molecule has 0 atom stereocenters. The quantitative estimate of drug-likeness (QED) is 0.0849. The molecule has 60 heavy (non-hydrogen) atoms. The van der Waals surface area contributed by atoms with Crippen LogP contribution >= 0.6 is 11.3 Å². The number of carbonyl (C=O) groups is 2. The molecule has 2 heterocycles. The zero-order valence-electron chi connectivity index (χ0n) is 33.7. The first-order valence-corrected chi connectivity index (χ1v) is 20.9. The largest absolute Gasteiger partial charge is 0.461 e. The third kappa shape index (κ3) is 7.89. The van der Waals surface area contributed by atoms with Crippen LogP contribution in [0.1, 0.15) is 68.7 Å². The van der Waals surface area contributed by atoms with Gasteiger partial charge in [-0.25, -0.2) is 9.48 Å². The van der Waals surface area contributed by atoms with E-state index < -0.39 is 11.5 Å². The average molecular weight is 809 g/mol. The van der Waals surface area contributed by atoms with Gasteiger partial charge in [0.05, 0.1) is 13.2 Å². The number of hydrogen-bond acceptors (Lipinski definition) is 7. The zero-order chi connectivity index (χ0) is 41.5. The van der Waals surface area contributed by atoms with Crippen LogP contribution in [0.15, 0.2) is 175 Å². The smallest absolute Gasteiger partial charge is 0.356 e. The summed E-state index contributed by atoms with van der Waals surface area (Å²) in [6.45, 7) is 6.53. The van der Waals surface area contributed by atoms with E-state index in [0.29, 0.717) is 34.8 Å². The van der Waals surface area contributed by atoms with Gasteiger partial charge in [-0.15, -0.1) is 16.4 Å². The Labute approximate surface area is 353 Å². The molecule has 0 unspecified atom stereocenters. The highest BCUT2D eigenvalue weighted by Crippen LogP contribution is 2.43. The molecule has 8 aromatic rings. The molecule has 0 bridgehead atoms. The maximum Gasteiger partial charge on any atom is 0.356 e. The number of benzene rings is 6. The van der Waals surface area contributed by atoms with Gasteiger partial charge >= 0.3 is 5.97 Å². The number of carbonyl (C=O) groups excluding carboxylic acids is 2. The van der Waals surface area contributed by atoms with E-state index in [-0.39, 0.29) is 18.4 Å². The number of thiazole rings is 1. The third-order valence-electron chi connectivity index (χ3n) is 10.4. The number of rotatable bonds is 13. The van der Waals surface area contributed by atoms with Crippen LogP contribution in [0, 0.1) is 5.92 Å². The molecule has 298 valence electrons. The van der Waals surface area contributed by atoms with Crippen LogP contribution < -0.4 is 4.80 Å². The Morgan fingerprint density at radius 1 is 0.700 bits per heavy atom. The second-order valence-corrected chi connectivity index (χ2v) is 15.9. The van der Waals surface area contributed by atoms with E-state index in [2.05, 4.69) is 84.7 Å². The van der Waals surface area contributed by atoms with Crippen molar-refractivity contribution in [1.29, 1.82) is 0 Å². The minimum absolute atomic E-state index is 0.228. The summed E-state index contributed by atoms with van der Waals surface area (Å²) in [5, 5.41) is 13.8. The number of esters is 1. The van der Waals surface area contributed by atoms with Crippen molar-refractivity contribution in [1.82, 2.24) is 24.8 Å². The summed E-state index contributed by atoms with van der Waals surface area (Å²) >= 11 is 1.36. The van der Waals surface area contributed by atoms with E-state index >= 15 is 0 Å². The molecule has 0 fully saturated rings. The van der Waals surface area contributed by atoms with Crippen LogP contribution in [0.4, 0.5) is 0 Å². The van der Waals surface area contributed by atoms with Gasteiger partial charge in [-0.1, -0.05) is 172 Å². The average Bonchev–Trinajstić information content (AvgIpc) is 3.90. The zero-order valence-corrected chi connectivity index (χ0v) is 34.5. The fourth-order valence-corrected chi connectivity index (χ4v) is 9.06. The number of tetrazole rings is 1. The van der Waals surface area contributed by atoms with Crippen molar-refractivity contribution in [3.8, 4) is 22.5 Å². The van der Waals surface area contributed by atoms with Crippen molar-refractivity contribution in [3.05, 3.63) is 213 Å². The van der Waals surface area contributed by atoms with Crippen molar-refractivity contribution in [2.24, 2.45) is 10.9 Å². The predicted molar refractivity (Wildman–Crippen MR) is 236 cm³/mol. The summed E-state index contributed by atoms with van der Waals surface area (Å²) in [6, 6.07) is 56.4. The normalized spacial score (nSPS) is 11.8. The lowest BCUT2D eigenvalue weighted by Gasteiger charge is -2.36. The Hall–Kier alpha value is -7.04. The van der Waals surface area contributed by atoms with Gasteiger partial charge in [-0.05, 0) is 75.2 Å². The van der Waals surface area contributed by atoms with E-state index in [1.807, 2.05) is 106 Å². The van der Waals surface area contributed by atoms with E-state index in [1.54, 1.807) is 19.1 Å². The van der Waals surface area contributed by atoms with Gasteiger partial charge in [-0.2, -0.15) is 4.99 Å². The van der Waals surface area contributed by atoms with E-state index in [4.69, 9.17) is 15.0 Å². The molecule has 0 saturated carbocycles. The van der Waals surface area contributed by atoms with E-state index in [1.165, 1.54) is 11.3 Å². The van der Waals surface area contributed by atoms with Crippen LogP contribution in [-0.4, -0.2) is 43.3 Å². The minimum Gasteiger partial charge on any atom is -0.461 e. The first kappa shape index (κ1) is 39.8. The molecule has 10 heteroatoms. The number of ether oxygens (including phenoxy) is 1. The Kier molecular flexibility index (Phi) is 11.8. The monoisotopic (exact) mass is 808 g/mol. The minimum atomic E-state index is -0.910. The van der Waals surface area contributed by atoms with Crippen LogP contribution in [-0.2, 0) is 23.2 Å². The van der Waals surface area contributed by atoms with Crippen molar-refractivity contribution < 1.29 is 14.3 Å². The molecule has 0 aliphatic heterocycles. The molecule has 2 aromatic heterocycles. The fourth-order valence-electron chi connectivity index (χ4n) is 7.74. The van der Waals surface area contributed by atoms with Gasteiger partial charge in [0.25, 0.3) is 5.91 Å². The molecule has 8 rings (SSSR count). The highest BCUT2D eigenvalue weighted by molar-refractivity contribution is 7.09. The van der Waals surface area contributed by atoms with Crippen LogP contribution in [0.2, 0.25) is 0 Å². The highest BCUT2D eigenvalue weighted by Gasteiger charge is 2.42.